The Kier molecular flexibility index (Phi) is 5.06. The van der Waals surface area contributed by atoms with Gasteiger partial charge in [-0.2, -0.15) is 4.98 Å². The van der Waals surface area contributed by atoms with E-state index < -0.39 is 5.60 Å². The van der Waals surface area contributed by atoms with Gasteiger partial charge in [-0.1, -0.05) is 29.8 Å². The molecule has 0 unspecified atom stereocenters. The van der Waals surface area contributed by atoms with E-state index >= 15 is 0 Å². The summed E-state index contributed by atoms with van der Waals surface area (Å²) in [7, 11) is 0. The van der Waals surface area contributed by atoms with E-state index in [1.54, 1.807) is 24.3 Å². The molecule has 1 heterocycles. The van der Waals surface area contributed by atoms with Gasteiger partial charge in [0, 0.05) is 6.07 Å². The van der Waals surface area contributed by atoms with Crippen molar-refractivity contribution in [3.63, 3.8) is 0 Å². The van der Waals surface area contributed by atoms with E-state index in [9.17, 15) is 9.90 Å². The summed E-state index contributed by atoms with van der Waals surface area (Å²) in [5, 5.41) is 10.6. The van der Waals surface area contributed by atoms with Crippen molar-refractivity contribution in [3.05, 3.63) is 47.1 Å². The molecule has 7 nitrogen and oxygen atoms in total. The van der Waals surface area contributed by atoms with E-state index in [1.807, 2.05) is 6.07 Å². The van der Waals surface area contributed by atoms with Gasteiger partial charge in [-0.15, -0.1) is 0 Å². The number of aromatic nitrogens is 2. The van der Waals surface area contributed by atoms with E-state index in [0.29, 0.717) is 18.4 Å². The number of anilines is 1. The molecule has 2 aromatic rings. The number of aliphatic hydroxyl groups is 1. The molecular weight excluding hydrogens is 346 g/mol. The van der Waals surface area contributed by atoms with Crippen molar-refractivity contribution in [3.8, 4) is 5.88 Å². The van der Waals surface area contributed by atoms with Gasteiger partial charge in [0.1, 0.15) is 11.8 Å². The lowest BCUT2D eigenvalue weighted by atomic mass is 9.72. The maximum Gasteiger partial charge on any atom is 0.338 e. The number of rotatable bonds is 6. The number of nitrogens with two attached hydrogens (primary N) is 1. The highest BCUT2D eigenvalue weighted by molar-refractivity contribution is 6.29. The fraction of sp³-hybridized carbons (Fsp3) is 0.353. The average molecular weight is 364 g/mol. The van der Waals surface area contributed by atoms with Crippen molar-refractivity contribution in [1.82, 2.24) is 9.97 Å². The average Bonchev–Trinajstić information content (AvgIpc) is 2.56. The van der Waals surface area contributed by atoms with Crippen molar-refractivity contribution in [2.75, 3.05) is 18.9 Å². The van der Waals surface area contributed by atoms with Crippen LogP contribution in [0, 0.1) is 5.92 Å². The normalized spacial score (nSPS) is 22.1. The molecule has 8 heteroatoms. The Morgan fingerprint density at radius 3 is 2.72 bits per heavy atom. The zero-order chi connectivity index (χ0) is 17.9. The molecule has 1 aliphatic carbocycles. The minimum Gasteiger partial charge on any atom is -0.474 e. The van der Waals surface area contributed by atoms with Crippen LogP contribution in [0.25, 0.3) is 0 Å². The highest BCUT2D eigenvalue weighted by Gasteiger charge is 2.44. The molecule has 1 fully saturated rings. The van der Waals surface area contributed by atoms with Gasteiger partial charge in [0.2, 0.25) is 11.8 Å². The summed E-state index contributed by atoms with van der Waals surface area (Å²) in [5.74, 6) is -0.0441. The maximum atomic E-state index is 11.9. The second kappa shape index (κ2) is 7.25. The topological polar surface area (TPSA) is 108 Å². The second-order valence-corrected chi connectivity index (χ2v) is 6.53. The molecule has 0 atom stereocenters. The molecular formula is C17H18ClN3O4. The standard InChI is InChI=1S/C17H18ClN3O4/c18-13-6-14(21-16(19)20-13)25-10-17(23)7-11(8-17)9-24-15(22)12-4-2-1-3-5-12/h1-6,11,23H,7-10H2,(H2,19,20,21). The lowest BCUT2D eigenvalue weighted by molar-refractivity contribution is -0.113. The van der Waals surface area contributed by atoms with Gasteiger partial charge in [-0.3, -0.25) is 0 Å². The van der Waals surface area contributed by atoms with Gasteiger partial charge >= 0.3 is 5.97 Å². The number of carbonyl (C=O) groups excluding carboxylic acids is 1. The highest BCUT2D eigenvalue weighted by Crippen LogP contribution is 2.38. The van der Waals surface area contributed by atoms with Gasteiger partial charge < -0.3 is 20.3 Å². The summed E-state index contributed by atoms with van der Waals surface area (Å²) in [4.78, 5) is 19.5. The van der Waals surface area contributed by atoms with Crippen LogP contribution < -0.4 is 10.5 Å². The molecule has 0 bridgehead atoms. The Balaban J connectivity index is 1.42. The van der Waals surface area contributed by atoms with Crippen molar-refractivity contribution in [2.45, 2.75) is 18.4 Å². The van der Waals surface area contributed by atoms with E-state index in [0.717, 1.165) is 0 Å². The predicted octanol–water partition coefficient (Wildman–Crippen LogP) is 2.09. The molecule has 3 rings (SSSR count). The Hall–Kier alpha value is -2.38. The van der Waals surface area contributed by atoms with E-state index in [2.05, 4.69) is 9.97 Å². The number of carbonyl (C=O) groups is 1. The molecule has 132 valence electrons. The van der Waals surface area contributed by atoms with Gasteiger partial charge in [0.25, 0.3) is 0 Å². The fourth-order valence-electron chi connectivity index (χ4n) is 2.80. The number of hydrogen-bond donors (Lipinski definition) is 2. The first kappa shape index (κ1) is 17.4. The van der Waals surface area contributed by atoms with Crippen molar-refractivity contribution in [2.24, 2.45) is 5.92 Å². The Morgan fingerprint density at radius 2 is 2.04 bits per heavy atom. The summed E-state index contributed by atoms with van der Waals surface area (Å²) < 4.78 is 10.7. The van der Waals surface area contributed by atoms with Crippen LogP contribution >= 0.6 is 11.6 Å². The van der Waals surface area contributed by atoms with Crippen LogP contribution in [0.1, 0.15) is 23.2 Å². The summed E-state index contributed by atoms with van der Waals surface area (Å²) >= 11 is 5.77. The van der Waals surface area contributed by atoms with Crippen LogP contribution in [0.4, 0.5) is 5.95 Å². The molecule has 1 aromatic carbocycles. The predicted molar refractivity (Wildman–Crippen MR) is 91.3 cm³/mol. The number of nitrogen functional groups attached to an aromatic ring is 1. The maximum absolute atomic E-state index is 11.9. The first-order valence-electron chi connectivity index (χ1n) is 7.81. The molecule has 0 amide bonds. The Labute approximate surface area is 149 Å². The van der Waals surface area contributed by atoms with Gasteiger partial charge in [-0.05, 0) is 30.9 Å². The molecule has 0 saturated heterocycles. The molecule has 1 aliphatic rings. The monoisotopic (exact) mass is 363 g/mol. The van der Waals surface area contributed by atoms with Crippen LogP contribution in [0.15, 0.2) is 36.4 Å². The van der Waals surface area contributed by atoms with Crippen LogP contribution in [0.5, 0.6) is 5.88 Å². The summed E-state index contributed by atoms with van der Waals surface area (Å²) in [6, 6.07) is 10.2. The summed E-state index contributed by atoms with van der Waals surface area (Å²) in [5.41, 5.74) is 5.02. The summed E-state index contributed by atoms with van der Waals surface area (Å²) in [6.45, 7) is 0.325. The summed E-state index contributed by atoms with van der Waals surface area (Å²) in [6.07, 6.45) is 0.951. The van der Waals surface area contributed by atoms with E-state index in [-0.39, 0.29) is 42.1 Å². The lowest BCUT2D eigenvalue weighted by Crippen LogP contribution is -2.50. The molecule has 0 radical (unpaired) electrons. The van der Waals surface area contributed by atoms with Crippen LogP contribution in [-0.2, 0) is 4.74 Å². The van der Waals surface area contributed by atoms with Gasteiger partial charge in [0.15, 0.2) is 0 Å². The fourth-order valence-corrected chi connectivity index (χ4v) is 2.98. The number of halogens is 1. The van der Waals surface area contributed by atoms with Gasteiger partial charge in [-0.25, -0.2) is 9.78 Å². The molecule has 1 saturated carbocycles. The first-order valence-corrected chi connectivity index (χ1v) is 8.19. The molecule has 0 aliphatic heterocycles. The molecule has 3 N–H and O–H groups in total. The van der Waals surface area contributed by atoms with E-state index in [4.69, 9.17) is 26.8 Å². The SMILES string of the molecule is Nc1nc(Cl)cc(OCC2(O)CC(COC(=O)c3ccccc3)C2)n1. The van der Waals surface area contributed by atoms with Crippen molar-refractivity contribution >= 4 is 23.5 Å². The first-order chi connectivity index (χ1) is 11.9. The van der Waals surface area contributed by atoms with E-state index in [1.165, 1.54) is 6.07 Å². The number of benzene rings is 1. The molecule has 1 aromatic heterocycles. The zero-order valence-electron chi connectivity index (χ0n) is 13.4. The number of nitrogens with zero attached hydrogens (tertiary/aromatic N) is 2. The highest BCUT2D eigenvalue weighted by atomic mass is 35.5. The molecule has 0 spiro atoms. The van der Waals surface area contributed by atoms with Crippen molar-refractivity contribution in [1.29, 1.82) is 0 Å². The van der Waals surface area contributed by atoms with Crippen LogP contribution in [-0.4, -0.2) is 39.9 Å². The van der Waals surface area contributed by atoms with Gasteiger partial charge in [0.05, 0.1) is 17.8 Å². The number of hydrogen-bond acceptors (Lipinski definition) is 7. The lowest BCUT2D eigenvalue weighted by Gasteiger charge is -2.42. The third-order valence-electron chi connectivity index (χ3n) is 3.97. The zero-order valence-corrected chi connectivity index (χ0v) is 14.1. The minimum absolute atomic E-state index is 0.00815. The third-order valence-corrected chi connectivity index (χ3v) is 4.17. The van der Waals surface area contributed by atoms with Crippen molar-refractivity contribution < 1.29 is 19.4 Å². The largest absolute Gasteiger partial charge is 0.474 e. The Morgan fingerprint density at radius 1 is 1.32 bits per heavy atom. The quantitative estimate of drug-likeness (QED) is 0.597. The molecule has 25 heavy (non-hydrogen) atoms. The third kappa shape index (κ3) is 4.58. The van der Waals surface area contributed by atoms with Crippen LogP contribution in [0.3, 0.4) is 0 Å². The number of esters is 1. The van der Waals surface area contributed by atoms with Crippen LogP contribution in [0.2, 0.25) is 5.15 Å². The smallest absolute Gasteiger partial charge is 0.338 e. The minimum atomic E-state index is -0.976. The Bertz CT molecular complexity index is 731. The number of ether oxygens (including phenoxy) is 2. The second-order valence-electron chi connectivity index (χ2n) is 6.14.